The van der Waals surface area contributed by atoms with Crippen LogP contribution in [0.25, 0.3) is 5.57 Å². The van der Waals surface area contributed by atoms with Crippen molar-refractivity contribution < 1.29 is 4.79 Å². The van der Waals surface area contributed by atoms with Crippen molar-refractivity contribution in [1.29, 1.82) is 0 Å². The van der Waals surface area contributed by atoms with Crippen molar-refractivity contribution in [3.05, 3.63) is 41.0 Å². The molecule has 1 aliphatic rings. The molecule has 17 heavy (non-hydrogen) atoms. The molecule has 0 bridgehead atoms. The molecular formula is C15H19NO. The van der Waals surface area contributed by atoms with Gasteiger partial charge in [-0.3, -0.25) is 4.79 Å². The van der Waals surface area contributed by atoms with E-state index in [4.69, 9.17) is 0 Å². The molecule has 0 saturated heterocycles. The molecule has 0 saturated carbocycles. The zero-order valence-corrected chi connectivity index (χ0v) is 10.7. The number of carbonyl (C=O) groups excluding carboxylic acids is 1. The highest BCUT2D eigenvalue weighted by molar-refractivity contribution is 5.85. The number of ketones is 1. The molecule has 2 nitrogen and oxygen atoms in total. The quantitative estimate of drug-likeness (QED) is 0.859. The van der Waals surface area contributed by atoms with Crippen LogP contribution < -0.4 is 5.32 Å². The van der Waals surface area contributed by atoms with Gasteiger partial charge in [0.15, 0.2) is 0 Å². The van der Waals surface area contributed by atoms with Crippen LogP contribution in [0.15, 0.2) is 24.3 Å². The monoisotopic (exact) mass is 229 g/mol. The number of allylic oxidation sites excluding steroid dienone is 1. The number of rotatable bonds is 4. The average Bonchev–Trinajstić information content (AvgIpc) is 2.68. The molecule has 1 aromatic carbocycles. The first-order valence-corrected chi connectivity index (χ1v) is 6.08. The van der Waals surface area contributed by atoms with Gasteiger partial charge >= 0.3 is 0 Å². The van der Waals surface area contributed by atoms with E-state index in [0.717, 1.165) is 12.8 Å². The van der Waals surface area contributed by atoms with Gasteiger partial charge in [0.25, 0.3) is 0 Å². The molecule has 1 atom stereocenters. The molecule has 1 N–H and O–H groups in total. The van der Waals surface area contributed by atoms with Gasteiger partial charge in [-0.1, -0.05) is 29.8 Å². The highest BCUT2D eigenvalue weighted by atomic mass is 16.1. The molecule has 2 heteroatoms. The SMILES string of the molecule is CN[C@@H](CC1=CCc2ccc(C)cc21)C(C)=O. The van der Waals surface area contributed by atoms with Crippen molar-refractivity contribution in [3.63, 3.8) is 0 Å². The first-order valence-electron chi connectivity index (χ1n) is 6.08. The van der Waals surface area contributed by atoms with Crippen molar-refractivity contribution in [3.8, 4) is 0 Å². The molecule has 0 unspecified atom stereocenters. The van der Waals surface area contributed by atoms with Gasteiger partial charge in [-0.05, 0) is 50.4 Å². The van der Waals surface area contributed by atoms with E-state index in [2.05, 4.69) is 36.5 Å². The number of carbonyl (C=O) groups is 1. The van der Waals surface area contributed by atoms with Gasteiger partial charge in [0.1, 0.15) is 5.78 Å². The molecule has 90 valence electrons. The summed E-state index contributed by atoms with van der Waals surface area (Å²) in [5.41, 5.74) is 5.29. The summed E-state index contributed by atoms with van der Waals surface area (Å²) < 4.78 is 0. The molecule has 0 heterocycles. The number of hydrogen-bond donors (Lipinski definition) is 1. The second-order valence-electron chi connectivity index (χ2n) is 4.75. The van der Waals surface area contributed by atoms with Crippen LogP contribution in [0.3, 0.4) is 0 Å². The van der Waals surface area contributed by atoms with Crippen molar-refractivity contribution >= 4 is 11.4 Å². The van der Waals surface area contributed by atoms with Crippen molar-refractivity contribution in [1.82, 2.24) is 5.32 Å². The maximum Gasteiger partial charge on any atom is 0.147 e. The third-order valence-corrected chi connectivity index (χ3v) is 3.44. The third-order valence-electron chi connectivity index (χ3n) is 3.44. The standard InChI is InChI=1S/C15H19NO/c1-10-4-5-12-6-7-13(14(12)8-10)9-15(16-3)11(2)17/h4-5,7-8,15-16H,6,9H2,1-3H3/t15-/m0/s1. The fraction of sp³-hybridized carbons (Fsp3) is 0.400. The van der Waals surface area contributed by atoms with Crippen LogP contribution in [0.1, 0.15) is 30.0 Å². The Hall–Kier alpha value is -1.41. The summed E-state index contributed by atoms with van der Waals surface area (Å²) in [7, 11) is 1.85. The van der Waals surface area contributed by atoms with E-state index in [1.165, 1.54) is 22.3 Å². The second-order valence-corrected chi connectivity index (χ2v) is 4.75. The Morgan fingerprint density at radius 1 is 1.47 bits per heavy atom. The summed E-state index contributed by atoms with van der Waals surface area (Å²) in [6.07, 6.45) is 4.04. The molecule has 0 spiro atoms. The van der Waals surface area contributed by atoms with Crippen LogP contribution in [-0.2, 0) is 11.2 Å². The van der Waals surface area contributed by atoms with Crippen LogP contribution in [0, 0.1) is 6.92 Å². The molecule has 0 fully saturated rings. The number of likely N-dealkylation sites (N-methyl/N-ethyl adjacent to an activating group) is 1. The number of nitrogens with one attached hydrogen (secondary N) is 1. The number of aryl methyl sites for hydroxylation is 1. The van der Waals surface area contributed by atoms with E-state index >= 15 is 0 Å². The fourth-order valence-corrected chi connectivity index (χ4v) is 2.37. The van der Waals surface area contributed by atoms with Gasteiger partial charge in [0, 0.05) is 0 Å². The van der Waals surface area contributed by atoms with E-state index in [0.29, 0.717) is 0 Å². The van der Waals surface area contributed by atoms with E-state index in [1.807, 2.05) is 7.05 Å². The lowest BCUT2D eigenvalue weighted by Crippen LogP contribution is -2.32. The highest BCUT2D eigenvalue weighted by Crippen LogP contribution is 2.31. The van der Waals surface area contributed by atoms with Gasteiger partial charge in [0.2, 0.25) is 0 Å². The van der Waals surface area contributed by atoms with E-state index in [-0.39, 0.29) is 11.8 Å². The van der Waals surface area contributed by atoms with Gasteiger partial charge in [0.05, 0.1) is 6.04 Å². The highest BCUT2D eigenvalue weighted by Gasteiger charge is 2.19. The summed E-state index contributed by atoms with van der Waals surface area (Å²) in [6, 6.07) is 6.50. The lowest BCUT2D eigenvalue weighted by molar-refractivity contribution is -0.118. The first-order chi connectivity index (χ1) is 8.11. The lowest BCUT2D eigenvalue weighted by atomic mass is 9.97. The van der Waals surface area contributed by atoms with Crippen LogP contribution in [-0.4, -0.2) is 18.9 Å². The van der Waals surface area contributed by atoms with E-state index in [9.17, 15) is 4.79 Å². The molecule has 0 radical (unpaired) electrons. The smallest absolute Gasteiger partial charge is 0.147 e. The van der Waals surface area contributed by atoms with Crippen molar-refractivity contribution in [2.75, 3.05) is 7.05 Å². The lowest BCUT2D eigenvalue weighted by Gasteiger charge is -2.14. The second kappa shape index (κ2) is 4.84. The summed E-state index contributed by atoms with van der Waals surface area (Å²) >= 11 is 0. The average molecular weight is 229 g/mol. The Labute approximate surface area is 103 Å². The number of benzene rings is 1. The Balaban J connectivity index is 2.21. The van der Waals surface area contributed by atoms with Gasteiger partial charge in [-0.15, -0.1) is 0 Å². The molecular weight excluding hydrogens is 210 g/mol. The van der Waals surface area contributed by atoms with Crippen molar-refractivity contribution in [2.24, 2.45) is 0 Å². The third kappa shape index (κ3) is 2.47. The van der Waals surface area contributed by atoms with E-state index < -0.39 is 0 Å². The minimum absolute atomic E-state index is 0.0623. The Morgan fingerprint density at radius 3 is 2.88 bits per heavy atom. The number of fused-ring (bicyclic) bond motifs is 1. The normalized spacial score (nSPS) is 15.4. The summed E-state index contributed by atoms with van der Waals surface area (Å²) in [5, 5.41) is 3.08. The maximum absolute atomic E-state index is 11.5. The molecule has 0 amide bonds. The fourth-order valence-electron chi connectivity index (χ4n) is 2.37. The van der Waals surface area contributed by atoms with Gasteiger partial charge in [-0.2, -0.15) is 0 Å². The topological polar surface area (TPSA) is 29.1 Å². The minimum atomic E-state index is -0.0623. The molecule has 2 rings (SSSR count). The number of Topliss-reactive ketones (excluding diaryl/α,β-unsaturated/α-hetero) is 1. The van der Waals surface area contributed by atoms with Gasteiger partial charge < -0.3 is 5.32 Å². The zero-order valence-electron chi connectivity index (χ0n) is 10.7. The molecule has 1 aromatic rings. The predicted molar refractivity (Wildman–Crippen MR) is 71.0 cm³/mol. The zero-order chi connectivity index (χ0) is 12.4. The van der Waals surface area contributed by atoms with Crippen LogP contribution in [0.4, 0.5) is 0 Å². The van der Waals surface area contributed by atoms with Crippen molar-refractivity contribution in [2.45, 2.75) is 32.7 Å². The summed E-state index contributed by atoms with van der Waals surface area (Å²) in [5.74, 6) is 0.203. The predicted octanol–water partition coefficient (Wildman–Crippen LogP) is 2.50. The van der Waals surface area contributed by atoms with E-state index in [1.54, 1.807) is 6.92 Å². The Bertz CT molecular complexity index is 474. The van der Waals surface area contributed by atoms with Crippen LogP contribution >= 0.6 is 0 Å². The molecule has 0 aliphatic heterocycles. The van der Waals surface area contributed by atoms with Gasteiger partial charge in [-0.25, -0.2) is 0 Å². The largest absolute Gasteiger partial charge is 0.310 e. The summed E-state index contributed by atoms with van der Waals surface area (Å²) in [6.45, 7) is 3.75. The Kier molecular flexibility index (Phi) is 3.43. The number of hydrogen-bond acceptors (Lipinski definition) is 2. The first kappa shape index (κ1) is 12.1. The van der Waals surface area contributed by atoms with Crippen LogP contribution in [0.5, 0.6) is 0 Å². The Morgan fingerprint density at radius 2 is 2.24 bits per heavy atom. The molecule has 1 aliphatic carbocycles. The summed E-state index contributed by atoms with van der Waals surface area (Å²) in [4.78, 5) is 11.5. The molecule has 0 aromatic heterocycles. The maximum atomic E-state index is 11.5. The van der Waals surface area contributed by atoms with Crippen LogP contribution in [0.2, 0.25) is 0 Å². The minimum Gasteiger partial charge on any atom is -0.310 e.